The molecule has 2 aliphatic heterocycles. The number of hydrogen-bond donors (Lipinski definition) is 6. The molecule has 4 rings (SSSR count). The summed E-state index contributed by atoms with van der Waals surface area (Å²) in [6.45, 7) is 15.5. The molecule has 24 nitrogen and oxygen atoms in total. The van der Waals surface area contributed by atoms with Gasteiger partial charge in [0.15, 0.2) is 11.9 Å². The summed E-state index contributed by atoms with van der Waals surface area (Å²) in [5.74, 6) is -6.03. The van der Waals surface area contributed by atoms with Crippen molar-refractivity contribution in [3.8, 4) is 0 Å². The predicted molar refractivity (Wildman–Crippen MR) is 353 cm³/mol. The fourth-order valence-corrected chi connectivity index (χ4v) is 13.1. The van der Waals surface area contributed by atoms with Crippen LogP contribution in [0.3, 0.4) is 0 Å². The van der Waals surface area contributed by atoms with Crippen LogP contribution in [0.2, 0.25) is 0 Å². The van der Waals surface area contributed by atoms with E-state index in [1.165, 1.54) is 25.9 Å². The fraction of sp³-hybridized carbons (Fsp3) is 0.697. The Morgan fingerprint density at radius 2 is 1.66 bits per heavy atom. The Hall–Kier alpha value is -6.35. The summed E-state index contributed by atoms with van der Waals surface area (Å²) >= 11 is 2.40. The lowest BCUT2D eigenvalue weighted by molar-refractivity contribution is -0.144. The number of piperidine rings is 1. The molecule has 5 unspecified atom stereocenters. The number of aryl methyl sites for hydroxylation is 1. The molecule has 0 bridgehead atoms. The number of aliphatic carboxylic acids is 1. The molecule has 3 heterocycles. The first-order valence-electron chi connectivity index (χ1n) is 32.7. The quantitative estimate of drug-likeness (QED) is 0.0280. The Balaban J connectivity index is 1.43. The molecule has 2 aliphatic rings. The number of carboxylic acids is 1. The zero-order chi connectivity index (χ0) is 68.0. The third-order valence-corrected chi connectivity index (χ3v) is 19.2. The van der Waals surface area contributed by atoms with Crippen molar-refractivity contribution in [1.82, 2.24) is 41.0 Å². The number of ketones is 2. The van der Waals surface area contributed by atoms with Gasteiger partial charge in [-0.1, -0.05) is 72.9 Å². The highest BCUT2D eigenvalue weighted by atomic mass is 32.2. The standard InChI is InChI=1S/C66H103N9O15S2/c1-12-27-74(63(83)49(42(5)13-2)36-54(77)52-20-15-17-28-73(52)9)53(41(3)4)37-55(90-66(87)67-8)62-72-51(40-92-62)61(82)70-47(32-44(7)65(85)86)33-45-23-22-43(6)50(34-45)71-57(78)21-18-26-69-60(81)46(19-14-16-25-68-58(79)39-89-31-30-88-10)35-48(76)24-29-75-59(80)38-56(91-11)64(75)84/h22-23,34,40-42,44,46-47,49,52-53,55-56H,12-21,24-33,35-39H2,1-11H3,(H,67,87)(H,68,79)(H,69,81)(H,70,82)(H,71,78)(H,85,86)/t42?,44?,46?,47-,49+,52?,53-,55-,56?/m1/s1. The lowest BCUT2D eigenvalue weighted by atomic mass is 9.82. The molecule has 0 saturated carbocycles. The zero-order valence-electron chi connectivity index (χ0n) is 56.0. The van der Waals surface area contributed by atoms with Crippen molar-refractivity contribution in [3.63, 3.8) is 0 Å². The highest BCUT2D eigenvalue weighted by Gasteiger charge is 2.40. The molecule has 1 aromatic heterocycles. The number of ether oxygens (including phenoxy) is 3. The largest absolute Gasteiger partial charge is 0.481 e. The Morgan fingerprint density at radius 1 is 0.924 bits per heavy atom. The number of likely N-dealkylation sites (N-methyl/N-ethyl adjacent to an activating group) is 1. The molecule has 6 N–H and O–H groups in total. The van der Waals surface area contributed by atoms with Gasteiger partial charge in [-0.2, -0.15) is 11.8 Å². The van der Waals surface area contributed by atoms with E-state index in [4.69, 9.17) is 19.2 Å². The van der Waals surface area contributed by atoms with Crippen LogP contribution in [0.15, 0.2) is 23.6 Å². The average Bonchev–Trinajstić information content (AvgIpc) is 1.35. The smallest absolute Gasteiger partial charge is 0.407 e. The van der Waals surface area contributed by atoms with Crippen LogP contribution in [0.5, 0.6) is 0 Å². The summed E-state index contributed by atoms with van der Waals surface area (Å²) < 4.78 is 16.2. The van der Waals surface area contributed by atoms with Gasteiger partial charge in [-0.25, -0.2) is 9.78 Å². The van der Waals surface area contributed by atoms with Crippen molar-refractivity contribution >= 4 is 93.8 Å². The number of methoxy groups -OCH3 is 1. The molecule has 8 amide bonds. The Morgan fingerprint density at radius 3 is 2.32 bits per heavy atom. The SMILES string of the molecule is CCCN(C(=O)[C@@H](CC(=O)C1CCCCN1C)C(C)CC)[C@H](C[C@@H](OC(=O)NC)c1nc(C(=O)N[C@@H](Cc2ccc(C)c(NC(=O)CCCNC(=O)C(CCCCNC(=O)COCCOC)CC(=O)CCN3C(=O)CC(SC)C3=O)c2)CC(C)C(=O)O)cs1)C(C)C. The number of rotatable bonds is 43. The number of thioether (sulfide) groups is 1. The summed E-state index contributed by atoms with van der Waals surface area (Å²) in [5.41, 5.74) is 1.92. The van der Waals surface area contributed by atoms with Gasteiger partial charge in [0.05, 0.1) is 30.4 Å². The minimum Gasteiger partial charge on any atom is -0.481 e. The molecule has 0 spiro atoms. The van der Waals surface area contributed by atoms with Gasteiger partial charge >= 0.3 is 12.1 Å². The summed E-state index contributed by atoms with van der Waals surface area (Å²) in [5, 5.41) is 25.5. The molecule has 0 aliphatic carbocycles. The lowest BCUT2D eigenvalue weighted by Gasteiger charge is -2.39. The van der Waals surface area contributed by atoms with E-state index in [9.17, 15) is 57.8 Å². The van der Waals surface area contributed by atoms with Gasteiger partial charge in [-0.3, -0.25) is 57.7 Å². The Labute approximate surface area is 551 Å². The maximum absolute atomic E-state index is 14.9. The second kappa shape index (κ2) is 40.7. The lowest BCUT2D eigenvalue weighted by Crippen LogP contribution is -2.50. The number of aromatic nitrogens is 1. The van der Waals surface area contributed by atoms with Crippen molar-refractivity contribution in [2.45, 2.75) is 187 Å². The molecular weight excluding hydrogens is 1220 g/mol. The first-order valence-corrected chi connectivity index (χ1v) is 34.8. The molecule has 2 saturated heterocycles. The average molecular weight is 1330 g/mol. The zero-order valence-corrected chi connectivity index (χ0v) is 57.7. The number of unbranched alkanes of at least 4 members (excludes halogenated alkanes) is 1. The van der Waals surface area contributed by atoms with Gasteiger partial charge in [-0.05, 0) is 107 Å². The fourth-order valence-electron chi connectivity index (χ4n) is 11.6. The van der Waals surface area contributed by atoms with Gasteiger partial charge in [0, 0.05) is 114 Å². The number of imide groups is 1. The summed E-state index contributed by atoms with van der Waals surface area (Å²) in [4.78, 5) is 156. The van der Waals surface area contributed by atoms with E-state index in [1.54, 1.807) is 30.7 Å². The van der Waals surface area contributed by atoms with E-state index in [1.807, 2.05) is 59.6 Å². The van der Waals surface area contributed by atoms with E-state index in [2.05, 4.69) is 31.5 Å². The minimum atomic E-state index is -1.06. The maximum atomic E-state index is 14.9. The topological polar surface area (TPSA) is 318 Å². The molecular formula is C66H103N9O15S2. The highest BCUT2D eigenvalue weighted by Crippen LogP contribution is 2.34. The number of Topliss-reactive ketones (excluding diaryl/α,β-unsaturated/α-hetero) is 2. The van der Waals surface area contributed by atoms with Crippen LogP contribution in [0.1, 0.15) is 177 Å². The molecule has 2 aromatic rings. The number of carbonyl (C=O) groups excluding carboxylic acids is 10. The first-order chi connectivity index (χ1) is 43.8. The number of carboxylic acid groups (broad SMARTS) is 1. The second-order valence-electron chi connectivity index (χ2n) is 24.8. The van der Waals surface area contributed by atoms with E-state index in [0.717, 1.165) is 47.6 Å². The van der Waals surface area contributed by atoms with Gasteiger partial charge in [0.2, 0.25) is 35.4 Å². The molecule has 2 fully saturated rings. The predicted octanol–water partition coefficient (Wildman–Crippen LogP) is 7.30. The summed E-state index contributed by atoms with van der Waals surface area (Å²) in [7, 11) is 4.93. The second-order valence-corrected chi connectivity index (χ2v) is 26.7. The third-order valence-electron chi connectivity index (χ3n) is 17.3. The Kier molecular flexibility index (Phi) is 34.5. The molecule has 92 heavy (non-hydrogen) atoms. The van der Waals surface area contributed by atoms with Crippen LogP contribution < -0.4 is 26.6 Å². The van der Waals surface area contributed by atoms with E-state index in [0.29, 0.717) is 68.1 Å². The van der Waals surface area contributed by atoms with Crippen LogP contribution in [0.25, 0.3) is 0 Å². The number of likely N-dealkylation sites (tertiary alicyclic amines) is 2. The monoisotopic (exact) mass is 1330 g/mol. The van der Waals surface area contributed by atoms with E-state index in [-0.39, 0.29) is 155 Å². The van der Waals surface area contributed by atoms with Crippen molar-refractivity contribution in [3.05, 3.63) is 45.4 Å². The van der Waals surface area contributed by atoms with Crippen molar-refractivity contribution in [1.29, 1.82) is 0 Å². The molecule has 1 aromatic carbocycles. The van der Waals surface area contributed by atoms with E-state index < -0.39 is 59.2 Å². The van der Waals surface area contributed by atoms with Gasteiger partial charge in [0.1, 0.15) is 23.1 Å². The minimum absolute atomic E-state index is 0.0136. The van der Waals surface area contributed by atoms with Crippen LogP contribution in [-0.4, -0.2) is 193 Å². The van der Waals surface area contributed by atoms with Crippen molar-refractivity contribution < 1.29 is 72.1 Å². The third kappa shape index (κ3) is 25.5. The van der Waals surface area contributed by atoms with Crippen molar-refractivity contribution in [2.24, 2.45) is 29.6 Å². The normalized spacial score (nSPS) is 17.4. The number of hydrogen-bond acceptors (Lipinski definition) is 18. The number of alkyl carbamates (subject to hydrolysis) is 1. The van der Waals surface area contributed by atoms with Gasteiger partial charge in [-0.15, -0.1) is 11.3 Å². The number of thiazole rings is 1. The number of benzene rings is 1. The van der Waals surface area contributed by atoms with Gasteiger partial charge < -0.3 is 50.8 Å². The summed E-state index contributed by atoms with van der Waals surface area (Å²) in [6, 6.07) is 3.99. The molecule has 9 atom stereocenters. The van der Waals surface area contributed by atoms with Gasteiger partial charge in [0.25, 0.3) is 5.91 Å². The van der Waals surface area contributed by atoms with Crippen LogP contribution in [0.4, 0.5) is 10.5 Å². The van der Waals surface area contributed by atoms with Crippen molar-refractivity contribution in [2.75, 3.05) is 85.3 Å². The number of amides is 8. The van der Waals surface area contributed by atoms with Crippen LogP contribution in [-0.2, 0) is 63.8 Å². The van der Waals surface area contributed by atoms with E-state index >= 15 is 0 Å². The number of nitrogens with one attached hydrogen (secondary N) is 5. The number of nitrogens with zero attached hydrogens (tertiary/aromatic N) is 4. The maximum Gasteiger partial charge on any atom is 0.407 e. The molecule has 0 radical (unpaired) electrons. The molecule has 514 valence electrons. The van der Waals surface area contributed by atoms with Crippen LogP contribution in [0, 0.1) is 36.5 Å². The number of anilines is 1. The summed E-state index contributed by atoms with van der Waals surface area (Å²) in [6.07, 6.45) is 6.08. The van der Waals surface area contributed by atoms with Crippen LogP contribution >= 0.6 is 23.1 Å². The molecule has 26 heteroatoms. The Bertz CT molecular complexity index is 2780. The highest BCUT2D eigenvalue weighted by molar-refractivity contribution is 8.00. The first kappa shape index (κ1) is 78.1. The number of carbonyl (C=O) groups is 11.